The molecule has 0 aromatic heterocycles. The maximum absolute atomic E-state index is 13.0. The van der Waals surface area contributed by atoms with Gasteiger partial charge < -0.3 is 30.0 Å². The van der Waals surface area contributed by atoms with Crippen LogP contribution in [0.5, 0.6) is 17.2 Å². The zero-order valence-corrected chi connectivity index (χ0v) is 19.8. The predicted octanol–water partition coefficient (Wildman–Crippen LogP) is 1.35. The largest absolute Gasteiger partial charge is 0.485 e. The summed E-state index contributed by atoms with van der Waals surface area (Å²) in [4.78, 5) is 44.1. The minimum Gasteiger partial charge on any atom is -0.485 e. The fourth-order valence-corrected chi connectivity index (χ4v) is 3.47. The van der Waals surface area contributed by atoms with Gasteiger partial charge in [0.15, 0.2) is 17.6 Å². The van der Waals surface area contributed by atoms with E-state index in [4.69, 9.17) is 29.8 Å². The number of fused-ring (bicyclic) bond motifs is 1. The first-order valence-corrected chi connectivity index (χ1v) is 11.3. The third kappa shape index (κ3) is 8.91. The zero-order valence-electron chi connectivity index (χ0n) is 19.8. The Bertz CT molecular complexity index is 1060. The van der Waals surface area contributed by atoms with Crippen molar-refractivity contribution in [3.05, 3.63) is 53.6 Å². The molecule has 2 aromatic carbocycles. The van der Waals surface area contributed by atoms with E-state index < -0.39 is 29.9 Å². The Labute approximate surface area is 211 Å². The third-order valence-electron chi connectivity index (χ3n) is 5.31. The standard InChI is InChI=1S/C24H28N2O11/c27-22(7-8-23(28)29)26-19(24(30)25-11-16-3-6-20-21(10-16)34-14-33-20)9-15-1-4-17(5-2-15)37-18(12-35-31)13-36-32/h1-6,10,18-19,31-32H,7-9,11-14H2,(H,25,30)(H,26,27)(H,28,29). The molecule has 0 bridgehead atoms. The Hall–Kier alpha value is -3.91. The molecule has 1 heterocycles. The summed E-state index contributed by atoms with van der Waals surface area (Å²) in [7, 11) is 0. The molecule has 1 aliphatic rings. The summed E-state index contributed by atoms with van der Waals surface area (Å²) in [5, 5.41) is 31.4. The maximum Gasteiger partial charge on any atom is 0.303 e. The number of carboxylic acid groups (broad SMARTS) is 1. The van der Waals surface area contributed by atoms with E-state index in [-0.39, 0.29) is 45.8 Å². The summed E-state index contributed by atoms with van der Waals surface area (Å²) in [6.07, 6.45) is -1.28. The van der Waals surface area contributed by atoms with Crippen molar-refractivity contribution >= 4 is 17.8 Å². The normalized spacial score (nSPS) is 12.7. The van der Waals surface area contributed by atoms with Crippen molar-refractivity contribution in [3.8, 4) is 17.2 Å². The van der Waals surface area contributed by atoms with E-state index >= 15 is 0 Å². The number of nitrogens with one attached hydrogen (secondary N) is 2. The number of amides is 2. The van der Waals surface area contributed by atoms with Crippen LogP contribution >= 0.6 is 0 Å². The van der Waals surface area contributed by atoms with Gasteiger partial charge in [-0.2, -0.15) is 0 Å². The van der Waals surface area contributed by atoms with Gasteiger partial charge in [-0.15, -0.1) is 0 Å². The number of ether oxygens (including phenoxy) is 3. The van der Waals surface area contributed by atoms with Crippen LogP contribution in [0.1, 0.15) is 24.0 Å². The van der Waals surface area contributed by atoms with Crippen LogP contribution in [0.2, 0.25) is 0 Å². The lowest BCUT2D eigenvalue weighted by Crippen LogP contribution is -2.47. The molecule has 1 atom stereocenters. The molecular formula is C24H28N2O11. The Kier molecular flexibility index (Phi) is 10.5. The summed E-state index contributed by atoms with van der Waals surface area (Å²) in [5.74, 6) is -0.567. The van der Waals surface area contributed by atoms with E-state index in [2.05, 4.69) is 20.4 Å². The highest BCUT2D eigenvalue weighted by atomic mass is 17.1. The molecule has 0 aliphatic carbocycles. The van der Waals surface area contributed by atoms with E-state index in [9.17, 15) is 14.4 Å². The summed E-state index contributed by atoms with van der Waals surface area (Å²) in [6.45, 7) is -0.178. The van der Waals surface area contributed by atoms with Gasteiger partial charge in [-0.05, 0) is 35.4 Å². The quantitative estimate of drug-likeness (QED) is 0.169. The Balaban J connectivity index is 1.64. The fraction of sp³-hybridized carbons (Fsp3) is 0.375. The topological polar surface area (TPSA) is 182 Å². The molecule has 13 heteroatoms. The molecule has 0 saturated heterocycles. The summed E-state index contributed by atoms with van der Waals surface area (Å²) < 4.78 is 16.2. The molecule has 3 rings (SSSR count). The number of aliphatic carboxylic acids is 1. The minimum atomic E-state index is -1.12. The Morgan fingerprint density at radius 1 is 0.919 bits per heavy atom. The van der Waals surface area contributed by atoms with Crippen LogP contribution in [0.25, 0.3) is 0 Å². The fourth-order valence-electron chi connectivity index (χ4n) is 3.47. The van der Waals surface area contributed by atoms with E-state index in [0.29, 0.717) is 22.8 Å². The summed E-state index contributed by atoms with van der Waals surface area (Å²) in [6, 6.07) is 10.8. The SMILES string of the molecule is O=C(O)CCC(=O)NC(Cc1ccc(OC(COO)COO)cc1)C(=O)NCc1ccc2c(c1)OCO2. The van der Waals surface area contributed by atoms with Crippen LogP contribution in [-0.4, -0.2) is 65.6 Å². The Morgan fingerprint density at radius 2 is 1.59 bits per heavy atom. The molecule has 0 spiro atoms. The molecule has 200 valence electrons. The summed E-state index contributed by atoms with van der Waals surface area (Å²) in [5.41, 5.74) is 1.45. The first-order valence-electron chi connectivity index (χ1n) is 11.3. The first kappa shape index (κ1) is 27.7. The monoisotopic (exact) mass is 520 g/mol. The third-order valence-corrected chi connectivity index (χ3v) is 5.31. The van der Waals surface area contributed by atoms with Gasteiger partial charge in [0, 0.05) is 19.4 Å². The summed E-state index contributed by atoms with van der Waals surface area (Å²) >= 11 is 0. The number of hydrogen-bond acceptors (Lipinski definition) is 10. The van der Waals surface area contributed by atoms with Gasteiger partial charge in [0.1, 0.15) is 25.0 Å². The number of carboxylic acids is 1. The van der Waals surface area contributed by atoms with Gasteiger partial charge in [0.05, 0.1) is 6.42 Å². The van der Waals surface area contributed by atoms with Gasteiger partial charge in [0.2, 0.25) is 18.6 Å². The van der Waals surface area contributed by atoms with Crippen molar-refractivity contribution in [1.29, 1.82) is 0 Å². The van der Waals surface area contributed by atoms with Crippen LogP contribution in [0, 0.1) is 0 Å². The second-order valence-corrected chi connectivity index (χ2v) is 8.10. The molecule has 2 aromatic rings. The van der Waals surface area contributed by atoms with Gasteiger partial charge in [-0.25, -0.2) is 9.78 Å². The second kappa shape index (κ2) is 14.0. The number of carbonyl (C=O) groups is 3. The second-order valence-electron chi connectivity index (χ2n) is 8.10. The van der Waals surface area contributed by atoms with Crippen molar-refractivity contribution in [2.75, 3.05) is 20.0 Å². The molecule has 1 unspecified atom stereocenters. The van der Waals surface area contributed by atoms with Crippen LogP contribution in [0.3, 0.4) is 0 Å². The van der Waals surface area contributed by atoms with Crippen molar-refractivity contribution in [2.45, 2.75) is 38.0 Å². The van der Waals surface area contributed by atoms with Crippen molar-refractivity contribution < 1.29 is 54.0 Å². The molecule has 1 aliphatic heterocycles. The molecular weight excluding hydrogens is 492 g/mol. The smallest absolute Gasteiger partial charge is 0.303 e. The van der Waals surface area contributed by atoms with Crippen LogP contribution in [0.15, 0.2) is 42.5 Å². The number of rotatable bonds is 15. The van der Waals surface area contributed by atoms with E-state index in [1.807, 2.05) is 0 Å². The number of carbonyl (C=O) groups excluding carboxylic acids is 2. The number of benzene rings is 2. The van der Waals surface area contributed by atoms with E-state index in [1.165, 1.54) is 0 Å². The highest BCUT2D eigenvalue weighted by molar-refractivity contribution is 5.88. The molecule has 0 fully saturated rings. The lowest BCUT2D eigenvalue weighted by molar-refractivity contribution is -0.286. The number of hydrogen-bond donors (Lipinski definition) is 5. The van der Waals surface area contributed by atoms with Gasteiger partial charge >= 0.3 is 5.97 Å². The molecule has 37 heavy (non-hydrogen) atoms. The molecule has 13 nitrogen and oxygen atoms in total. The molecule has 0 radical (unpaired) electrons. The highest BCUT2D eigenvalue weighted by Gasteiger charge is 2.22. The molecule has 2 amide bonds. The maximum atomic E-state index is 13.0. The highest BCUT2D eigenvalue weighted by Crippen LogP contribution is 2.32. The molecule has 5 N–H and O–H groups in total. The lowest BCUT2D eigenvalue weighted by Gasteiger charge is -2.19. The first-order chi connectivity index (χ1) is 17.9. The zero-order chi connectivity index (χ0) is 26.6. The van der Waals surface area contributed by atoms with E-state index in [0.717, 1.165) is 5.56 Å². The van der Waals surface area contributed by atoms with E-state index in [1.54, 1.807) is 42.5 Å². The van der Waals surface area contributed by atoms with Gasteiger partial charge in [0.25, 0.3) is 0 Å². The van der Waals surface area contributed by atoms with Crippen LogP contribution in [0.4, 0.5) is 0 Å². The van der Waals surface area contributed by atoms with Crippen LogP contribution in [-0.2, 0) is 37.1 Å². The molecule has 0 saturated carbocycles. The van der Waals surface area contributed by atoms with Crippen molar-refractivity contribution in [1.82, 2.24) is 10.6 Å². The lowest BCUT2D eigenvalue weighted by atomic mass is 10.0. The average molecular weight is 520 g/mol. The minimum absolute atomic E-state index is 0.120. The van der Waals surface area contributed by atoms with Gasteiger partial charge in [-0.3, -0.25) is 24.9 Å². The van der Waals surface area contributed by atoms with Crippen molar-refractivity contribution in [3.63, 3.8) is 0 Å². The van der Waals surface area contributed by atoms with Crippen LogP contribution < -0.4 is 24.8 Å². The Morgan fingerprint density at radius 3 is 2.27 bits per heavy atom. The predicted molar refractivity (Wildman–Crippen MR) is 125 cm³/mol. The average Bonchev–Trinajstić information content (AvgIpc) is 3.35. The van der Waals surface area contributed by atoms with Crippen molar-refractivity contribution in [2.24, 2.45) is 0 Å². The van der Waals surface area contributed by atoms with Gasteiger partial charge in [-0.1, -0.05) is 18.2 Å².